The van der Waals surface area contributed by atoms with Crippen LogP contribution >= 0.6 is 0 Å². The fraction of sp³-hybridized carbons (Fsp3) is 0.800. The van der Waals surface area contributed by atoms with Gasteiger partial charge in [-0.15, -0.1) is 0 Å². The van der Waals surface area contributed by atoms with Crippen molar-refractivity contribution in [2.45, 2.75) is 26.3 Å². The predicted octanol–water partition coefficient (Wildman–Crippen LogP) is 0.356. The van der Waals surface area contributed by atoms with E-state index in [4.69, 9.17) is 5.26 Å². The lowest BCUT2D eigenvalue weighted by molar-refractivity contribution is -0.127. The number of carbonyl (C=O) groups excluding carboxylic acids is 1. The molecule has 1 aliphatic rings. The van der Waals surface area contributed by atoms with E-state index in [9.17, 15) is 4.79 Å². The minimum Gasteiger partial charge on any atom is -0.356 e. The summed E-state index contributed by atoms with van der Waals surface area (Å²) in [5, 5.41) is 11.6. The largest absolute Gasteiger partial charge is 0.356 e. The standard InChI is InChI=1S/C10H17N3O/c1-8(6-11)13(3)7-10(2)4-5-12-9(10)14/h8H,4-5,7H2,1-3H3,(H,12,14). The van der Waals surface area contributed by atoms with Crippen LogP contribution in [0, 0.1) is 16.7 Å². The summed E-state index contributed by atoms with van der Waals surface area (Å²) in [5.74, 6) is 0.106. The van der Waals surface area contributed by atoms with E-state index in [0.717, 1.165) is 13.0 Å². The SMILES string of the molecule is CC(C#N)N(C)CC1(C)CCNC1=O. The van der Waals surface area contributed by atoms with Crippen molar-refractivity contribution < 1.29 is 4.79 Å². The average Bonchev–Trinajstić information content (AvgIpc) is 2.45. The quantitative estimate of drug-likeness (QED) is 0.707. The minimum absolute atomic E-state index is 0.106. The topological polar surface area (TPSA) is 56.1 Å². The molecule has 0 saturated carbocycles. The zero-order valence-electron chi connectivity index (χ0n) is 9.00. The first-order valence-corrected chi connectivity index (χ1v) is 4.88. The summed E-state index contributed by atoms with van der Waals surface area (Å²) in [5.41, 5.74) is -0.320. The van der Waals surface area contributed by atoms with Gasteiger partial charge in [0.15, 0.2) is 0 Å². The number of carbonyl (C=O) groups is 1. The second-order valence-electron chi connectivity index (χ2n) is 4.29. The van der Waals surface area contributed by atoms with E-state index < -0.39 is 0 Å². The van der Waals surface area contributed by atoms with Crippen LogP contribution in [0.25, 0.3) is 0 Å². The molecule has 1 aliphatic heterocycles. The number of nitriles is 1. The molecule has 0 aromatic carbocycles. The fourth-order valence-corrected chi connectivity index (χ4v) is 1.72. The van der Waals surface area contributed by atoms with Gasteiger partial charge in [-0.05, 0) is 27.3 Å². The van der Waals surface area contributed by atoms with Crippen LogP contribution in [0.1, 0.15) is 20.3 Å². The molecular formula is C10H17N3O. The molecule has 1 N–H and O–H groups in total. The van der Waals surface area contributed by atoms with Crippen LogP contribution in [0.15, 0.2) is 0 Å². The fourth-order valence-electron chi connectivity index (χ4n) is 1.72. The number of hydrogen-bond donors (Lipinski definition) is 1. The Morgan fingerprint density at radius 3 is 2.86 bits per heavy atom. The number of nitrogens with zero attached hydrogens (tertiary/aromatic N) is 2. The van der Waals surface area contributed by atoms with E-state index >= 15 is 0 Å². The van der Waals surface area contributed by atoms with Crippen molar-refractivity contribution >= 4 is 5.91 Å². The molecule has 2 unspecified atom stereocenters. The summed E-state index contributed by atoms with van der Waals surface area (Å²) in [6.45, 7) is 5.20. The molecule has 1 amide bonds. The van der Waals surface area contributed by atoms with Crippen LogP contribution in [-0.2, 0) is 4.79 Å². The Kier molecular flexibility index (Phi) is 3.12. The van der Waals surface area contributed by atoms with Crippen molar-refractivity contribution in [1.82, 2.24) is 10.2 Å². The molecule has 78 valence electrons. The highest BCUT2D eigenvalue weighted by Crippen LogP contribution is 2.27. The van der Waals surface area contributed by atoms with Crippen LogP contribution in [0.2, 0.25) is 0 Å². The molecule has 0 aliphatic carbocycles. The second kappa shape index (κ2) is 3.97. The summed E-state index contributed by atoms with van der Waals surface area (Å²) in [7, 11) is 1.88. The maximum atomic E-state index is 11.5. The van der Waals surface area contributed by atoms with Crippen molar-refractivity contribution in [1.29, 1.82) is 5.26 Å². The summed E-state index contributed by atoms with van der Waals surface area (Å²) in [4.78, 5) is 13.4. The second-order valence-corrected chi connectivity index (χ2v) is 4.29. The average molecular weight is 195 g/mol. The van der Waals surface area contributed by atoms with Gasteiger partial charge in [0.2, 0.25) is 5.91 Å². The minimum atomic E-state index is -0.320. The Morgan fingerprint density at radius 2 is 2.43 bits per heavy atom. The lowest BCUT2D eigenvalue weighted by Gasteiger charge is -2.28. The van der Waals surface area contributed by atoms with Gasteiger partial charge in [-0.2, -0.15) is 5.26 Å². The first-order valence-electron chi connectivity index (χ1n) is 4.88. The monoisotopic (exact) mass is 195 g/mol. The van der Waals surface area contributed by atoms with Gasteiger partial charge in [-0.1, -0.05) is 0 Å². The van der Waals surface area contributed by atoms with Crippen molar-refractivity contribution in [2.24, 2.45) is 5.41 Å². The summed E-state index contributed by atoms with van der Waals surface area (Å²) in [6, 6.07) is 2.03. The van der Waals surface area contributed by atoms with Crippen LogP contribution in [0.5, 0.6) is 0 Å². The first kappa shape index (κ1) is 11.0. The van der Waals surface area contributed by atoms with Gasteiger partial charge in [0.25, 0.3) is 0 Å². The van der Waals surface area contributed by atoms with Gasteiger partial charge in [0, 0.05) is 13.1 Å². The molecule has 2 atom stereocenters. The number of rotatable bonds is 3. The molecule has 0 bridgehead atoms. The molecule has 1 heterocycles. The van der Waals surface area contributed by atoms with E-state index in [1.54, 1.807) is 0 Å². The van der Waals surface area contributed by atoms with E-state index in [-0.39, 0.29) is 17.4 Å². The van der Waals surface area contributed by atoms with Crippen LogP contribution in [-0.4, -0.2) is 37.0 Å². The van der Waals surface area contributed by atoms with Gasteiger partial charge in [0.1, 0.15) is 0 Å². The highest BCUT2D eigenvalue weighted by molar-refractivity contribution is 5.84. The van der Waals surface area contributed by atoms with E-state index in [0.29, 0.717) is 6.54 Å². The summed E-state index contributed by atoms with van der Waals surface area (Å²) < 4.78 is 0. The number of amides is 1. The maximum absolute atomic E-state index is 11.5. The molecule has 1 saturated heterocycles. The Hall–Kier alpha value is -1.08. The molecule has 0 spiro atoms. The lowest BCUT2D eigenvalue weighted by Crippen LogP contribution is -2.42. The lowest BCUT2D eigenvalue weighted by atomic mass is 9.88. The van der Waals surface area contributed by atoms with Crippen molar-refractivity contribution in [3.63, 3.8) is 0 Å². The number of hydrogen-bond acceptors (Lipinski definition) is 3. The molecule has 1 fully saturated rings. The van der Waals surface area contributed by atoms with Crippen LogP contribution in [0.3, 0.4) is 0 Å². The zero-order chi connectivity index (χ0) is 10.8. The highest BCUT2D eigenvalue weighted by Gasteiger charge is 2.38. The molecule has 4 nitrogen and oxygen atoms in total. The number of nitrogens with one attached hydrogen (secondary N) is 1. The molecule has 0 radical (unpaired) electrons. The summed E-state index contributed by atoms with van der Waals surface area (Å²) in [6.07, 6.45) is 0.855. The molecule has 14 heavy (non-hydrogen) atoms. The predicted molar refractivity (Wildman–Crippen MR) is 53.4 cm³/mol. The molecule has 4 heteroatoms. The van der Waals surface area contributed by atoms with Gasteiger partial charge in [0.05, 0.1) is 17.5 Å². The van der Waals surface area contributed by atoms with Crippen molar-refractivity contribution in [2.75, 3.05) is 20.1 Å². The Balaban J connectivity index is 2.59. The molecule has 0 aromatic rings. The van der Waals surface area contributed by atoms with Crippen LogP contribution in [0.4, 0.5) is 0 Å². The van der Waals surface area contributed by atoms with E-state index in [2.05, 4.69) is 11.4 Å². The van der Waals surface area contributed by atoms with Crippen molar-refractivity contribution in [3.8, 4) is 6.07 Å². The molecular weight excluding hydrogens is 178 g/mol. The smallest absolute Gasteiger partial charge is 0.227 e. The zero-order valence-corrected chi connectivity index (χ0v) is 9.00. The highest BCUT2D eigenvalue weighted by atomic mass is 16.2. The Labute approximate surface area is 84.9 Å². The van der Waals surface area contributed by atoms with E-state index in [1.807, 2.05) is 25.8 Å². The normalized spacial score (nSPS) is 28.6. The molecule has 0 aromatic heterocycles. The van der Waals surface area contributed by atoms with E-state index in [1.165, 1.54) is 0 Å². The van der Waals surface area contributed by atoms with Gasteiger partial charge < -0.3 is 5.32 Å². The summed E-state index contributed by atoms with van der Waals surface area (Å²) >= 11 is 0. The third-order valence-corrected chi connectivity index (χ3v) is 2.96. The molecule has 1 rings (SSSR count). The van der Waals surface area contributed by atoms with Crippen LogP contribution < -0.4 is 5.32 Å². The first-order chi connectivity index (χ1) is 6.49. The third kappa shape index (κ3) is 2.05. The van der Waals surface area contributed by atoms with Crippen molar-refractivity contribution in [3.05, 3.63) is 0 Å². The van der Waals surface area contributed by atoms with Gasteiger partial charge in [-0.3, -0.25) is 9.69 Å². The van der Waals surface area contributed by atoms with Gasteiger partial charge >= 0.3 is 0 Å². The Morgan fingerprint density at radius 1 is 1.79 bits per heavy atom. The van der Waals surface area contributed by atoms with Gasteiger partial charge in [-0.25, -0.2) is 0 Å². The third-order valence-electron chi connectivity index (χ3n) is 2.96. The maximum Gasteiger partial charge on any atom is 0.227 e. The Bertz CT molecular complexity index is 271.